The van der Waals surface area contributed by atoms with E-state index in [-0.39, 0.29) is 0 Å². The van der Waals surface area contributed by atoms with Crippen molar-refractivity contribution in [2.45, 2.75) is 32.9 Å². The highest BCUT2D eigenvalue weighted by atomic mass is 32.1. The minimum Gasteiger partial charge on any atom is -0.302 e. The van der Waals surface area contributed by atoms with Gasteiger partial charge in [-0.25, -0.2) is 0 Å². The van der Waals surface area contributed by atoms with Gasteiger partial charge in [0.1, 0.15) is 0 Å². The second kappa shape index (κ2) is 5.80. The predicted octanol–water partition coefficient (Wildman–Crippen LogP) is 4.86. The Kier molecular flexibility index (Phi) is 4.37. The van der Waals surface area contributed by atoms with Gasteiger partial charge in [-0.3, -0.25) is 0 Å². The van der Waals surface area contributed by atoms with E-state index in [0.717, 1.165) is 0 Å². The summed E-state index contributed by atoms with van der Waals surface area (Å²) in [6.45, 7) is 6.80. The molecule has 0 aromatic carbocycles. The van der Waals surface area contributed by atoms with Gasteiger partial charge in [0.15, 0.2) is 0 Å². The Bertz CT molecular complexity index is 417. The smallest absolute Gasteiger partial charge is 0.0443 e. The van der Waals surface area contributed by atoms with E-state index in [2.05, 4.69) is 61.1 Å². The Labute approximate surface area is 112 Å². The summed E-state index contributed by atoms with van der Waals surface area (Å²) in [6.07, 6.45) is 0. The van der Waals surface area contributed by atoms with Gasteiger partial charge in [0, 0.05) is 21.8 Å². The third-order valence-electron chi connectivity index (χ3n) is 2.92. The third-order valence-corrected chi connectivity index (χ3v) is 4.93. The minimum absolute atomic E-state index is 0.421. The van der Waals surface area contributed by atoms with Gasteiger partial charge >= 0.3 is 0 Å². The molecule has 17 heavy (non-hydrogen) atoms. The normalized spacial score (nSPS) is 15.1. The fraction of sp³-hybridized carbons (Fsp3) is 0.429. The number of hydrogen-bond acceptors (Lipinski definition) is 3. The molecule has 0 aliphatic heterocycles. The maximum Gasteiger partial charge on any atom is 0.0443 e. The maximum atomic E-state index is 3.74. The highest BCUT2D eigenvalue weighted by Crippen LogP contribution is 2.29. The van der Waals surface area contributed by atoms with Crippen molar-refractivity contribution in [2.75, 3.05) is 0 Å². The summed E-state index contributed by atoms with van der Waals surface area (Å²) >= 11 is 3.66. The topological polar surface area (TPSA) is 12.0 Å². The Hall–Kier alpha value is -0.640. The Balaban J connectivity index is 2.09. The number of thiophene rings is 2. The highest BCUT2D eigenvalue weighted by molar-refractivity contribution is 7.10. The van der Waals surface area contributed by atoms with Gasteiger partial charge in [0.2, 0.25) is 0 Å². The van der Waals surface area contributed by atoms with E-state index in [1.165, 1.54) is 9.75 Å². The first-order valence-electron chi connectivity index (χ1n) is 6.01. The van der Waals surface area contributed by atoms with Gasteiger partial charge in [-0.1, -0.05) is 26.0 Å². The molecule has 0 saturated carbocycles. The van der Waals surface area contributed by atoms with E-state index >= 15 is 0 Å². The molecule has 0 bridgehead atoms. The third kappa shape index (κ3) is 3.18. The lowest BCUT2D eigenvalue weighted by Crippen LogP contribution is -2.27. The molecule has 0 spiro atoms. The van der Waals surface area contributed by atoms with Crippen LogP contribution in [0.25, 0.3) is 0 Å². The monoisotopic (exact) mass is 265 g/mol. The van der Waals surface area contributed by atoms with Crippen LogP contribution in [0.5, 0.6) is 0 Å². The van der Waals surface area contributed by atoms with Crippen molar-refractivity contribution in [1.82, 2.24) is 5.32 Å². The van der Waals surface area contributed by atoms with Gasteiger partial charge in [-0.15, -0.1) is 22.7 Å². The molecule has 2 heterocycles. The fourth-order valence-corrected chi connectivity index (χ4v) is 3.66. The van der Waals surface area contributed by atoms with Crippen molar-refractivity contribution in [2.24, 2.45) is 5.92 Å². The zero-order valence-electron chi connectivity index (χ0n) is 10.5. The van der Waals surface area contributed by atoms with Crippen molar-refractivity contribution in [1.29, 1.82) is 0 Å². The lowest BCUT2D eigenvalue weighted by Gasteiger charge is -2.25. The molecule has 0 radical (unpaired) electrons. The van der Waals surface area contributed by atoms with E-state index in [0.29, 0.717) is 18.0 Å². The lowest BCUT2D eigenvalue weighted by atomic mass is 10.0. The van der Waals surface area contributed by atoms with Crippen LogP contribution in [0.2, 0.25) is 0 Å². The molecule has 2 aromatic rings. The van der Waals surface area contributed by atoms with E-state index in [4.69, 9.17) is 0 Å². The molecule has 3 heteroatoms. The standard InChI is InChI=1S/C14H19NS2/c1-10(2)14(13-7-5-9-17-13)15-11(3)12-6-4-8-16-12/h4-11,14-15H,1-3H3/t11-,14?/m1/s1. The van der Waals surface area contributed by atoms with Crippen molar-refractivity contribution < 1.29 is 0 Å². The maximum absolute atomic E-state index is 3.74. The first-order valence-corrected chi connectivity index (χ1v) is 7.77. The van der Waals surface area contributed by atoms with Crippen LogP contribution < -0.4 is 5.32 Å². The largest absolute Gasteiger partial charge is 0.302 e. The average molecular weight is 265 g/mol. The van der Waals surface area contributed by atoms with Crippen molar-refractivity contribution in [3.05, 3.63) is 44.8 Å². The zero-order chi connectivity index (χ0) is 12.3. The molecule has 1 unspecified atom stereocenters. The van der Waals surface area contributed by atoms with Gasteiger partial charge in [0.05, 0.1) is 0 Å². The Morgan fingerprint density at radius 3 is 2.00 bits per heavy atom. The summed E-state index contributed by atoms with van der Waals surface area (Å²) in [5.74, 6) is 0.607. The lowest BCUT2D eigenvalue weighted by molar-refractivity contribution is 0.382. The molecule has 0 fully saturated rings. The summed E-state index contributed by atoms with van der Waals surface area (Å²) in [4.78, 5) is 2.84. The van der Waals surface area contributed by atoms with Crippen LogP contribution in [-0.2, 0) is 0 Å². The van der Waals surface area contributed by atoms with Crippen molar-refractivity contribution >= 4 is 22.7 Å². The number of hydrogen-bond donors (Lipinski definition) is 1. The van der Waals surface area contributed by atoms with Gasteiger partial charge in [-0.05, 0) is 35.7 Å². The zero-order valence-corrected chi connectivity index (χ0v) is 12.1. The Morgan fingerprint density at radius 2 is 1.53 bits per heavy atom. The molecule has 1 nitrogen and oxygen atoms in total. The molecule has 0 saturated heterocycles. The number of rotatable bonds is 5. The first kappa shape index (κ1) is 12.8. The van der Waals surface area contributed by atoms with Crippen LogP contribution >= 0.6 is 22.7 Å². The fourth-order valence-electron chi connectivity index (χ4n) is 1.96. The molecule has 2 aromatic heterocycles. The molecule has 1 N–H and O–H groups in total. The molecule has 2 rings (SSSR count). The molecule has 0 aliphatic rings. The van der Waals surface area contributed by atoms with Gasteiger partial charge < -0.3 is 5.32 Å². The van der Waals surface area contributed by atoms with E-state index in [1.807, 2.05) is 22.7 Å². The van der Waals surface area contributed by atoms with Crippen LogP contribution in [0.15, 0.2) is 35.0 Å². The summed E-state index contributed by atoms with van der Waals surface area (Å²) in [5.41, 5.74) is 0. The Morgan fingerprint density at radius 1 is 0.941 bits per heavy atom. The first-order chi connectivity index (χ1) is 8.18. The number of nitrogens with one attached hydrogen (secondary N) is 1. The minimum atomic E-state index is 0.421. The van der Waals surface area contributed by atoms with Crippen LogP contribution in [-0.4, -0.2) is 0 Å². The van der Waals surface area contributed by atoms with E-state index in [1.54, 1.807) is 0 Å². The predicted molar refractivity (Wildman–Crippen MR) is 77.8 cm³/mol. The summed E-state index contributed by atoms with van der Waals surface area (Å²) in [6, 6.07) is 9.55. The SMILES string of the molecule is CC(C)C(N[C@H](C)c1cccs1)c1cccs1. The molecular formula is C14H19NS2. The van der Waals surface area contributed by atoms with Crippen LogP contribution in [0.3, 0.4) is 0 Å². The van der Waals surface area contributed by atoms with E-state index < -0.39 is 0 Å². The highest BCUT2D eigenvalue weighted by Gasteiger charge is 2.19. The van der Waals surface area contributed by atoms with Crippen LogP contribution in [0.4, 0.5) is 0 Å². The van der Waals surface area contributed by atoms with Gasteiger partial charge in [-0.2, -0.15) is 0 Å². The second-order valence-electron chi connectivity index (χ2n) is 4.64. The summed E-state index contributed by atoms with van der Waals surface area (Å²) < 4.78 is 0. The molecule has 0 aliphatic carbocycles. The quantitative estimate of drug-likeness (QED) is 0.814. The van der Waals surface area contributed by atoms with Crippen LogP contribution in [0, 0.1) is 5.92 Å². The van der Waals surface area contributed by atoms with Crippen molar-refractivity contribution in [3.8, 4) is 0 Å². The van der Waals surface area contributed by atoms with Crippen molar-refractivity contribution in [3.63, 3.8) is 0 Å². The molecule has 0 amide bonds. The van der Waals surface area contributed by atoms with E-state index in [9.17, 15) is 0 Å². The van der Waals surface area contributed by atoms with Crippen LogP contribution in [0.1, 0.15) is 42.6 Å². The molecular weight excluding hydrogens is 246 g/mol. The second-order valence-corrected chi connectivity index (χ2v) is 6.60. The summed E-state index contributed by atoms with van der Waals surface area (Å²) in [5, 5.41) is 8.04. The average Bonchev–Trinajstić information content (AvgIpc) is 2.97. The molecule has 92 valence electrons. The van der Waals surface area contributed by atoms with Gasteiger partial charge in [0.25, 0.3) is 0 Å². The molecule has 2 atom stereocenters. The summed E-state index contributed by atoms with van der Waals surface area (Å²) in [7, 11) is 0.